The van der Waals surface area contributed by atoms with Crippen molar-refractivity contribution in [1.82, 2.24) is 0 Å². The first-order chi connectivity index (χ1) is 8.65. The number of aliphatic hydroxyl groups is 1. The SMILES string of the molecule is CCOC(=O)[C@H]1CC(c2ccccc2)=C(C)[C@@H]1O. The maximum Gasteiger partial charge on any atom is 0.312 e. The van der Waals surface area contributed by atoms with E-state index >= 15 is 0 Å². The van der Waals surface area contributed by atoms with E-state index in [-0.39, 0.29) is 5.97 Å². The third kappa shape index (κ3) is 2.31. The molecule has 1 aromatic carbocycles. The second-order valence-corrected chi connectivity index (χ2v) is 4.54. The molecule has 0 fully saturated rings. The summed E-state index contributed by atoms with van der Waals surface area (Å²) in [5.74, 6) is -0.768. The fraction of sp³-hybridized carbons (Fsp3) is 0.400. The van der Waals surface area contributed by atoms with Crippen molar-refractivity contribution in [3.8, 4) is 0 Å². The van der Waals surface area contributed by atoms with E-state index < -0.39 is 12.0 Å². The number of ether oxygens (including phenoxy) is 1. The second-order valence-electron chi connectivity index (χ2n) is 4.54. The van der Waals surface area contributed by atoms with Crippen molar-refractivity contribution in [2.75, 3.05) is 6.61 Å². The van der Waals surface area contributed by atoms with Crippen LogP contribution in [0.2, 0.25) is 0 Å². The summed E-state index contributed by atoms with van der Waals surface area (Å²) in [6.45, 7) is 4.01. The number of esters is 1. The molecule has 96 valence electrons. The highest BCUT2D eigenvalue weighted by Gasteiger charge is 2.37. The van der Waals surface area contributed by atoms with Crippen molar-refractivity contribution in [2.24, 2.45) is 5.92 Å². The third-order valence-electron chi connectivity index (χ3n) is 3.44. The van der Waals surface area contributed by atoms with E-state index in [1.54, 1.807) is 6.92 Å². The van der Waals surface area contributed by atoms with Crippen molar-refractivity contribution >= 4 is 11.5 Å². The summed E-state index contributed by atoms with van der Waals surface area (Å²) >= 11 is 0. The summed E-state index contributed by atoms with van der Waals surface area (Å²) in [5, 5.41) is 10.1. The molecule has 2 rings (SSSR count). The summed E-state index contributed by atoms with van der Waals surface area (Å²) in [6.07, 6.45) is -0.171. The van der Waals surface area contributed by atoms with Crippen LogP contribution in [0.4, 0.5) is 0 Å². The first-order valence-corrected chi connectivity index (χ1v) is 6.25. The Morgan fingerprint density at radius 3 is 2.67 bits per heavy atom. The minimum absolute atomic E-state index is 0.310. The molecule has 2 atom stereocenters. The van der Waals surface area contributed by atoms with E-state index in [0.29, 0.717) is 13.0 Å². The summed E-state index contributed by atoms with van der Waals surface area (Å²) in [4.78, 5) is 11.8. The van der Waals surface area contributed by atoms with Crippen molar-refractivity contribution in [3.63, 3.8) is 0 Å². The molecule has 0 unspecified atom stereocenters. The second kappa shape index (κ2) is 5.36. The Kier molecular flexibility index (Phi) is 3.82. The predicted octanol–water partition coefficient (Wildman–Crippen LogP) is 2.40. The molecule has 0 aliphatic heterocycles. The van der Waals surface area contributed by atoms with Crippen molar-refractivity contribution in [2.45, 2.75) is 26.4 Å². The molecule has 0 aromatic heterocycles. The number of hydrogen-bond acceptors (Lipinski definition) is 3. The summed E-state index contributed by atoms with van der Waals surface area (Å²) < 4.78 is 5.00. The van der Waals surface area contributed by atoms with Crippen LogP contribution in [0.3, 0.4) is 0 Å². The van der Waals surface area contributed by atoms with Gasteiger partial charge in [0.2, 0.25) is 0 Å². The molecular formula is C15H18O3. The van der Waals surface area contributed by atoms with Crippen molar-refractivity contribution in [3.05, 3.63) is 41.5 Å². The molecule has 1 aliphatic carbocycles. The number of aliphatic hydroxyl groups excluding tert-OH is 1. The number of carbonyl (C=O) groups is 1. The Morgan fingerprint density at radius 2 is 2.06 bits per heavy atom. The standard InChI is InChI=1S/C15H18O3/c1-3-18-15(17)13-9-12(10(2)14(13)16)11-7-5-4-6-8-11/h4-8,13-14,16H,3,9H2,1-2H3/t13-,14-/m0/s1. The summed E-state index contributed by atoms with van der Waals surface area (Å²) in [6, 6.07) is 9.87. The van der Waals surface area contributed by atoms with Gasteiger partial charge < -0.3 is 9.84 Å². The molecule has 0 saturated carbocycles. The van der Waals surface area contributed by atoms with Crippen LogP contribution in [0.5, 0.6) is 0 Å². The lowest BCUT2D eigenvalue weighted by Crippen LogP contribution is -2.26. The van der Waals surface area contributed by atoms with Crippen LogP contribution in [-0.2, 0) is 9.53 Å². The van der Waals surface area contributed by atoms with Crippen molar-refractivity contribution < 1.29 is 14.6 Å². The molecule has 18 heavy (non-hydrogen) atoms. The third-order valence-corrected chi connectivity index (χ3v) is 3.44. The molecule has 0 amide bonds. The zero-order chi connectivity index (χ0) is 13.1. The van der Waals surface area contributed by atoms with Gasteiger partial charge >= 0.3 is 5.97 Å². The lowest BCUT2D eigenvalue weighted by atomic mass is 10.0. The normalized spacial score (nSPS) is 23.3. The fourth-order valence-electron chi connectivity index (χ4n) is 2.42. The van der Waals surface area contributed by atoms with Crippen molar-refractivity contribution in [1.29, 1.82) is 0 Å². The molecule has 0 radical (unpaired) electrons. The van der Waals surface area contributed by atoms with Gasteiger partial charge in [-0.2, -0.15) is 0 Å². The van der Waals surface area contributed by atoms with Crippen LogP contribution in [0.1, 0.15) is 25.8 Å². The Morgan fingerprint density at radius 1 is 1.39 bits per heavy atom. The van der Waals surface area contributed by atoms with E-state index in [0.717, 1.165) is 16.7 Å². The first-order valence-electron chi connectivity index (χ1n) is 6.25. The highest BCUT2D eigenvalue weighted by Crippen LogP contribution is 2.38. The molecule has 0 saturated heterocycles. The lowest BCUT2D eigenvalue weighted by molar-refractivity contribution is -0.150. The van der Waals surface area contributed by atoms with Gasteiger partial charge in [0.05, 0.1) is 18.6 Å². The maximum absolute atomic E-state index is 11.8. The highest BCUT2D eigenvalue weighted by molar-refractivity contribution is 5.82. The van der Waals surface area contributed by atoms with Gasteiger partial charge in [0.15, 0.2) is 0 Å². The molecule has 3 nitrogen and oxygen atoms in total. The number of benzene rings is 1. The highest BCUT2D eigenvalue weighted by atomic mass is 16.5. The van der Waals surface area contributed by atoms with Gasteiger partial charge in [-0.05, 0) is 37.0 Å². The zero-order valence-corrected chi connectivity index (χ0v) is 10.7. The first kappa shape index (κ1) is 12.8. The van der Waals surface area contributed by atoms with Gasteiger partial charge in [0.25, 0.3) is 0 Å². The number of hydrogen-bond donors (Lipinski definition) is 1. The topological polar surface area (TPSA) is 46.5 Å². The summed E-state index contributed by atoms with van der Waals surface area (Å²) in [7, 11) is 0. The Hall–Kier alpha value is -1.61. The van der Waals surface area contributed by atoms with E-state index in [2.05, 4.69) is 0 Å². The molecule has 1 aromatic rings. The number of carbonyl (C=O) groups excluding carboxylic acids is 1. The van der Waals surface area contributed by atoms with Crippen LogP contribution in [0.15, 0.2) is 35.9 Å². The Labute approximate surface area is 107 Å². The van der Waals surface area contributed by atoms with E-state index in [9.17, 15) is 9.90 Å². The van der Waals surface area contributed by atoms with Crippen LogP contribution in [0, 0.1) is 5.92 Å². The van der Waals surface area contributed by atoms with Crippen LogP contribution < -0.4 is 0 Å². The van der Waals surface area contributed by atoms with E-state index in [1.807, 2.05) is 37.3 Å². The van der Waals surface area contributed by atoms with Crippen LogP contribution in [0.25, 0.3) is 5.57 Å². The minimum Gasteiger partial charge on any atom is -0.466 e. The fourth-order valence-corrected chi connectivity index (χ4v) is 2.42. The van der Waals surface area contributed by atoms with Crippen LogP contribution in [-0.4, -0.2) is 23.8 Å². The molecule has 0 spiro atoms. The monoisotopic (exact) mass is 246 g/mol. The average Bonchev–Trinajstić information content (AvgIpc) is 2.68. The predicted molar refractivity (Wildman–Crippen MR) is 69.8 cm³/mol. The lowest BCUT2D eigenvalue weighted by Gasteiger charge is -2.14. The number of rotatable bonds is 3. The van der Waals surface area contributed by atoms with Gasteiger partial charge in [-0.15, -0.1) is 0 Å². The average molecular weight is 246 g/mol. The maximum atomic E-state index is 11.8. The quantitative estimate of drug-likeness (QED) is 0.833. The minimum atomic E-state index is -0.723. The van der Waals surface area contributed by atoms with Gasteiger partial charge in [0.1, 0.15) is 0 Å². The molecule has 1 N–H and O–H groups in total. The molecular weight excluding hydrogens is 228 g/mol. The molecule has 3 heteroatoms. The Balaban J connectivity index is 2.22. The zero-order valence-electron chi connectivity index (χ0n) is 10.7. The van der Waals surface area contributed by atoms with Gasteiger partial charge in [-0.3, -0.25) is 4.79 Å². The summed E-state index contributed by atoms with van der Waals surface area (Å²) in [5.41, 5.74) is 3.00. The molecule has 0 heterocycles. The smallest absolute Gasteiger partial charge is 0.312 e. The van der Waals surface area contributed by atoms with E-state index in [1.165, 1.54) is 0 Å². The van der Waals surface area contributed by atoms with Gasteiger partial charge in [-0.25, -0.2) is 0 Å². The van der Waals surface area contributed by atoms with E-state index in [4.69, 9.17) is 4.74 Å². The van der Waals surface area contributed by atoms with Gasteiger partial charge in [0, 0.05) is 0 Å². The molecule has 0 bridgehead atoms. The Bertz CT molecular complexity index is 462. The number of allylic oxidation sites excluding steroid dienone is 1. The largest absolute Gasteiger partial charge is 0.466 e. The molecule has 1 aliphatic rings. The van der Waals surface area contributed by atoms with Crippen LogP contribution >= 0.6 is 0 Å². The van der Waals surface area contributed by atoms with Gasteiger partial charge in [-0.1, -0.05) is 30.3 Å².